The summed E-state index contributed by atoms with van der Waals surface area (Å²) in [6, 6.07) is 0. The molecular weight excluding hydrogens is 308 g/mol. The van der Waals surface area contributed by atoms with Crippen molar-refractivity contribution in [2.75, 3.05) is 0 Å². The van der Waals surface area contributed by atoms with Gasteiger partial charge in [-0.1, -0.05) is 19.4 Å². The number of rotatable bonds is 1. The first kappa shape index (κ1) is 16.5. The Kier molecular flexibility index (Phi) is 3.31. The first-order valence-corrected chi connectivity index (χ1v) is 10.7. The summed E-state index contributed by atoms with van der Waals surface area (Å²) < 4.78 is 0. The van der Waals surface area contributed by atoms with E-state index in [0.29, 0.717) is 29.0 Å². The van der Waals surface area contributed by atoms with E-state index < -0.39 is 5.60 Å². The van der Waals surface area contributed by atoms with Crippen molar-refractivity contribution in [3.8, 4) is 0 Å². The summed E-state index contributed by atoms with van der Waals surface area (Å²) in [5, 5.41) is 11.0. The Balaban J connectivity index is 1.52. The highest BCUT2D eigenvalue weighted by Gasteiger charge is 2.72. The van der Waals surface area contributed by atoms with Gasteiger partial charge in [-0.05, 0) is 105 Å². The Bertz CT molecular complexity index is 641. The van der Waals surface area contributed by atoms with Gasteiger partial charge in [0.2, 0.25) is 0 Å². The molecule has 1 N–H and O–H groups in total. The lowest BCUT2D eigenvalue weighted by atomic mass is 9.47. The van der Waals surface area contributed by atoms with Gasteiger partial charge in [0.1, 0.15) is 0 Å². The number of hydrogen-bond acceptors (Lipinski definition) is 2. The van der Waals surface area contributed by atoms with Gasteiger partial charge in [0.25, 0.3) is 0 Å². The van der Waals surface area contributed by atoms with Crippen molar-refractivity contribution in [3.05, 3.63) is 11.6 Å². The average molecular weight is 343 g/mol. The number of ketones is 1. The maximum absolute atomic E-state index is 11.9. The molecule has 0 aromatic rings. The zero-order valence-corrected chi connectivity index (χ0v) is 16.3. The normalized spacial score (nSPS) is 54.1. The van der Waals surface area contributed by atoms with Crippen LogP contribution < -0.4 is 0 Å². The molecule has 0 amide bonds. The van der Waals surface area contributed by atoms with Gasteiger partial charge >= 0.3 is 0 Å². The SMILES string of the molecule is C[C@@H]1CC2=CC(=O)CC[C@@H]2[C@H]2CC[C@@]3(C)[C@@H]([C@@H]4C[C@@H]4[C@H]3C(C)(C)O)[C@@H]21. The summed E-state index contributed by atoms with van der Waals surface area (Å²) >= 11 is 0. The highest BCUT2D eigenvalue weighted by atomic mass is 16.3. The Morgan fingerprint density at radius 1 is 1.20 bits per heavy atom. The number of allylic oxidation sites excluding steroid dienone is 1. The minimum absolute atomic E-state index is 0.326. The van der Waals surface area contributed by atoms with Gasteiger partial charge in [-0.25, -0.2) is 0 Å². The van der Waals surface area contributed by atoms with E-state index in [9.17, 15) is 9.90 Å². The molecule has 0 unspecified atom stereocenters. The van der Waals surface area contributed by atoms with E-state index in [1.54, 1.807) is 0 Å². The molecule has 5 rings (SSSR count). The van der Waals surface area contributed by atoms with Crippen molar-refractivity contribution >= 4 is 5.78 Å². The molecule has 0 aromatic heterocycles. The van der Waals surface area contributed by atoms with Crippen LogP contribution in [-0.2, 0) is 4.79 Å². The number of aliphatic hydroxyl groups is 1. The molecule has 0 bridgehead atoms. The Morgan fingerprint density at radius 2 is 1.96 bits per heavy atom. The van der Waals surface area contributed by atoms with Crippen molar-refractivity contribution < 1.29 is 9.90 Å². The Morgan fingerprint density at radius 3 is 2.68 bits per heavy atom. The molecule has 2 nitrogen and oxygen atoms in total. The van der Waals surface area contributed by atoms with Crippen molar-refractivity contribution in [2.24, 2.45) is 52.8 Å². The minimum atomic E-state index is -0.546. The molecule has 0 heterocycles. The van der Waals surface area contributed by atoms with Gasteiger partial charge in [0.15, 0.2) is 5.78 Å². The zero-order valence-electron chi connectivity index (χ0n) is 16.3. The van der Waals surface area contributed by atoms with Crippen LogP contribution in [0.15, 0.2) is 11.6 Å². The fourth-order valence-electron chi connectivity index (χ4n) is 8.85. The molecule has 25 heavy (non-hydrogen) atoms. The minimum Gasteiger partial charge on any atom is -0.390 e. The third kappa shape index (κ3) is 2.16. The maximum Gasteiger partial charge on any atom is 0.155 e. The molecule has 0 radical (unpaired) electrons. The summed E-state index contributed by atoms with van der Waals surface area (Å²) in [6.45, 7) is 9.09. The zero-order chi connectivity index (χ0) is 17.7. The first-order chi connectivity index (χ1) is 11.7. The molecule has 5 aliphatic rings. The van der Waals surface area contributed by atoms with Crippen LogP contribution in [0.5, 0.6) is 0 Å². The van der Waals surface area contributed by atoms with Crippen molar-refractivity contribution in [1.29, 1.82) is 0 Å². The van der Waals surface area contributed by atoms with Crippen LogP contribution >= 0.6 is 0 Å². The van der Waals surface area contributed by atoms with E-state index in [4.69, 9.17) is 0 Å². The second-order valence-electron chi connectivity index (χ2n) is 11.0. The van der Waals surface area contributed by atoms with Gasteiger partial charge in [-0.15, -0.1) is 0 Å². The molecule has 138 valence electrons. The standard InChI is InChI=1S/C23H34O2/c1-12-9-13-10-14(24)5-6-15(13)16-7-8-23(4)20(19(12)16)17-11-18(17)21(23)22(2,3)25/h10,12,15-21,25H,5-9,11H2,1-4H3/t12-,15+,16-,17-,18+,19-,20+,21+,23+/m1/s1. The highest BCUT2D eigenvalue weighted by molar-refractivity contribution is 5.91. The maximum atomic E-state index is 11.9. The van der Waals surface area contributed by atoms with Crippen LogP contribution in [-0.4, -0.2) is 16.5 Å². The average Bonchev–Trinajstić information content (AvgIpc) is 3.19. The quantitative estimate of drug-likeness (QED) is 0.755. The number of hydrogen-bond donors (Lipinski definition) is 1. The Hall–Kier alpha value is -0.630. The van der Waals surface area contributed by atoms with Crippen molar-refractivity contribution in [1.82, 2.24) is 0 Å². The van der Waals surface area contributed by atoms with E-state index in [0.717, 1.165) is 48.9 Å². The van der Waals surface area contributed by atoms with Crippen LogP contribution in [0.4, 0.5) is 0 Å². The van der Waals surface area contributed by atoms with Gasteiger partial charge in [-0.3, -0.25) is 4.79 Å². The third-order valence-corrected chi connectivity index (χ3v) is 9.19. The van der Waals surface area contributed by atoms with Crippen LogP contribution in [0.3, 0.4) is 0 Å². The lowest BCUT2D eigenvalue weighted by Crippen LogP contribution is -2.53. The molecule has 2 heteroatoms. The second-order valence-corrected chi connectivity index (χ2v) is 11.0. The van der Waals surface area contributed by atoms with Gasteiger partial charge in [0, 0.05) is 6.42 Å². The number of fused-ring (bicyclic) bond motifs is 7. The monoisotopic (exact) mass is 342 g/mol. The summed E-state index contributed by atoms with van der Waals surface area (Å²) in [6.07, 6.45) is 8.99. The third-order valence-electron chi connectivity index (χ3n) is 9.19. The van der Waals surface area contributed by atoms with Crippen LogP contribution in [0.1, 0.15) is 66.2 Å². The molecule has 4 fully saturated rings. The molecule has 0 spiro atoms. The predicted octanol–water partition coefficient (Wildman–Crippen LogP) is 4.62. The molecule has 0 aromatic carbocycles. The van der Waals surface area contributed by atoms with E-state index in [1.807, 2.05) is 6.08 Å². The molecular formula is C23H34O2. The summed E-state index contributed by atoms with van der Waals surface area (Å²) in [5.74, 6) is 6.28. The topological polar surface area (TPSA) is 37.3 Å². The molecule has 5 aliphatic carbocycles. The van der Waals surface area contributed by atoms with E-state index >= 15 is 0 Å². The fourth-order valence-corrected chi connectivity index (χ4v) is 8.85. The number of carbonyl (C=O) groups excluding carboxylic acids is 1. The lowest BCUT2D eigenvalue weighted by Gasteiger charge is -2.58. The van der Waals surface area contributed by atoms with Crippen molar-refractivity contribution in [2.45, 2.75) is 71.8 Å². The lowest BCUT2D eigenvalue weighted by molar-refractivity contribution is -0.120. The van der Waals surface area contributed by atoms with E-state index in [1.165, 1.54) is 24.8 Å². The van der Waals surface area contributed by atoms with Gasteiger partial charge in [0.05, 0.1) is 5.60 Å². The first-order valence-electron chi connectivity index (χ1n) is 10.7. The molecule has 0 saturated heterocycles. The summed E-state index contributed by atoms with van der Waals surface area (Å²) in [4.78, 5) is 11.9. The molecule has 4 saturated carbocycles. The Labute approximate surface area is 152 Å². The van der Waals surface area contributed by atoms with E-state index in [-0.39, 0.29) is 0 Å². The fraction of sp³-hybridized carbons (Fsp3) is 0.870. The largest absolute Gasteiger partial charge is 0.390 e. The van der Waals surface area contributed by atoms with E-state index in [2.05, 4.69) is 27.7 Å². The summed E-state index contributed by atoms with van der Waals surface area (Å²) in [7, 11) is 0. The molecule has 0 aliphatic heterocycles. The smallest absolute Gasteiger partial charge is 0.155 e. The van der Waals surface area contributed by atoms with Crippen LogP contribution in [0, 0.1) is 52.8 Å². The number of carbonyl (C=O) groups is 1. The van der Waals surface area contributed by atoms with Gasteiger partial charge in [-0.2, -0.15) is 0 Å². The summed E-state index contributed by atoms with van der Waals surface area (Å²) in [5.41, 5.74) is 1.26. The predicted molar refractivity (Wildman–Crippen MR) is 98.8 cm³/mol. The second kappa shape index (κ2) is 5.00. The van der Waals surface area contributed by atoms with Crippen LogP contribution in [0.25, 0.3) is 0 Å². The van der Waals surface area contributed by atoms with Gasteiger partial charge < -0.3 is 5.11 Å². The van der Waals surface area contributed by atoms with Crippen molar-refractivity contribution in [3.63, 3.8) is 0 Å². The molecule has 9 atom stereocenters. The highest BCUT2D eigenvalue weighted by Crippen LogP contribution is 2.76. The van der Waals surface area contributed by atoms with Crippen LogP contribution in [0.2, 0.25) is 0 Å².